The molecule has 0 radical (unpaired) electrons. The number of rotatable bonds is 4. The second kappa shape index (κ2) is 5.31. The molecular weight excluding hydrogens is 285 g/mol. The maximum Gasteiger partial charge on any atom is 0.147 e. The third-order valence-electron chi connectivity index (χ3n) is 2.44. The van der Waals surface area contributed by atoms with Crippen molar-refractivity contribution in [2.45, 2.75) is 6.42 Å². The lowest BCUT2D eigenvalue weighted by Crippen LogP contribution is -2.06. The van der Waals surface area contributed by atoms with Gasteiger partial charge >= 0.3 is 0 Å². The SMILES string of the molecule is Cn1cc(CCNc2c(F)cccc2Br)cn1. The highest BCUT2D eigenvalue weighted by Crippen LogP contribution is 2.24. The minimum Gasteiger partial charge on any atom is -0.381 e. The highest BCUT2D eigenvalue weighted by molar-refractivity contribution is 9.10. The number of hydrogen-bond acceptors (Lipinski definition) is 2. The Morgan fingerprint density at radius 3 is 2.94 bits per heavy atom. The maximum absolute atomic E-state index is 13.5. The van der Waals surface area contributed by atoms with E-state index in [4.69, 9.17) is 0 Å². The molecule has 1 aromatic heterocycles. The van der Waals surface area contributed by atoms with E-state index in [-0.39, 0.29) is 5.82 Å². The zero-order valence-corrected chi connectivity index (χ0v) is 11.0. The predicted octanol–water partition coefficient (Wildman–Crippen LogP) is 2.98. The molecule has 0 aliphatic rings. The van der Waals surface area contributed by atoms with Crippen molar-refractivity contribution in [2.75, 3.05) is 11.9 Å². The van der Waals surface area contributed by atoms with Gasteiger partial charge in [-0.25, -0.2) is 4.39 Å². The summed E-state index contributed by atoms with van der Waals surface area (Å²) < 4.78 is 16.0. The van der Waals surface area contributed by atoms with Crippen LogP contribution in [0.1, 0.15) is 5.56 Å². The van der Waals surface area contributed by atoms with Crippen molar-refractivity contribution in [3.05, 3.63) is 46.4 Å². The van der Waals surface area contributed by atoms with Crippen molar-refractivity contribution < 1.29 is 4.39 Å². The summed E-state index contributed by atoms with van der Waals surface area (Å²) in [5.74, 6) is -0.245. The number of benzene rings is 1. The molecule has 0 aliphatic carbocycles. The van der Waals surface area contributed by atoms with E-state index >= 15 is 0 Å². The second-order valence-electron chi connectivity index (χ2n) is 3.80. The Labute approximate surface area is 108 Å². The number of nitrogens with zero attached hydrogens (tertiary/aromatic N) is 2. The minimum atomic E-state index is -0.245. The fourth-order valence-corrected chi connectivity index (χ4v) is 2.08. The molecule has 0 atom stereocenters. The molecule has 3 nitrogen and oxygen atoms in total. The quantitative estimate of drug-likeness (QED) is 0.940. The molecule has 0 fully saturated rings. The Hall–Kier alpha value is -1.36. The molecule has 0 amide bonds. The number of nitrogens with one attached hydrogen (secondary N) is 1. The van der Waals surface area contributed by atoms with Crippen LogP contribution in [-0.4, -0.2) is 16.3 Å². The summed E-state index contributed by atoms with van der Waals surface area (Å²) in [4.78, 5) is 0. The van der Waals surface area contributed by atoms with Crippen molar-refractivity contribution >= 4 is 21.6 Å². The number of para-hydroxylation sites is 1. The van der Waals surface area contributed by atoms with E-state index in [1.54, 1.807) is 10.7 Å². The fraction of sp³-hybridized carbons (Fsp3) is 0.250. The third-order valence-corrected chi connectivity index (χ3v) is 3.10. The van der Waals surface area contributed by atoms with Crippen LogP contribution in [0.3, 0.4) is 0 Å². The number of hydrogen-bond donors (Lipinski definition) is 1. The molecule has 17 heavy (non-hydrogen) atoms. The van der Waals surface area contributed by atoms with Gasteiger partial charge in [0.25, 0.3) is 0 Å². The monoisotopic (exact) mass is 297 g/mol. The van der Waals surface area contributed by atoms with E-state index in [0.29, 0.717) is 12.2 Å². The topological polar surface area (TPSA) is 29.9 Å². The molecule has 0 spiro atoms. The van der Waals surface area contributed by atoms with Crippen molar-refractivity contribution in [1.82, 2.24) is 9.78 Å². The standard InChI is InChI=1S/C12H13BrFN3/c1-17-8-9(7-16-17)5-6-15-12-10(13)3-2-4-11(12)14/h2-4,7-8,15H,5-6H2,1H3. The highest BCUT2D eigenvalue weighted by atomic mass is 79.9. The summed E-state index contributed by atoms with van der Waals surface area (Å²) in [5.41, 5.74) is 1.64. The summed E-state index contributed by atoms with van der Waals surface area (Å²) in [6.07, 6.45) is 4.59. The lowest BCUT2D eigenvalue weighted by atomic mass is 10.2. The molecular formula is C12H13BrFN3. The number of anilines is 1. The van der Waals surface area contributed by atoms with Gasteiger partial charge in [0, 0.05) is 24.3 Å². The van der Waals surface area contributed by atoms with Crippen molar-refractivity contribution in [3.8, 4) is 0 Å². The Kier molecular flexibility index (Phi) is 3.78. The lowest BCUT2D eigenvalue weighted by Gasteiger charge is -2.08. The van der Waals surface area contributed by atoms with Crippen LogP contribution >= 0.6 is 15.9 Å². The average Bonchev–Trinajstić information content (AvgIpc) is 2.69. The van der Waals surface area contributed by atoms with Crippen molar-refractivity contribution in [1.29, 1.82) is 0 Å². The highest BCUT2D eigenvalue weighted by Gasteiger charge is 2.05. The fourth-order valence-electron chi connectivity index (χ4n) is 1.60. The molecule has 0 saturated carbocycles. The molecule has 0 aliphatic heterocycles. The second-order valence-corrected chi connectivity index (χ2v) is 4.65. The third kappa shape index (κ3) is 3.06. The smallest absolute Gasteiger partial charge is 0.147 e. The molecule has 1 heterocycles. The summed E-state index contributed by atoms with van der Waals surface area (Å²) in [6, 6.07) is 4.93. The summed E-state index contributed by atoms with van der Waals surface area (Å²) in [7, 11) is 1.88. The Morgan fingerprint density at radius 2 is 2.29 bits per heavy atom. The first-order valence-electron chi connectivity index (χ1n) is 5.32. The molecule has 1 aromatic carbocycles. The van der Waals surface area contributed by atoms with Gasteiger partial charge in [0.05, 0.1) is 11.9 Å². The van der Waals surface area contributed by atoms with Crippen LogP contribution in [0.15, 0.2) is 35.1 Å². The van der Waals surface area contributed by atoms with Gasteiger partial charge in [-0.1, -0.05) is 6.07 Å². The normalized spacial score (nSPS) is 10.5. The van der Waals surface area contributed by atoms with E-state index in [1.165, 1.54) is 6.07 Å². The van der Waals surface area contributed by atoms with Crippen LogP contribution in [0.5, 0.6) is 0 Å². The predicted molar refractivity (Wildman–Crippen MR) is 69.5 cm³/mol. The maximum atomic E-state index is 13.5. The van der Waals surface area contributed by atoms with Crippen molar-refractivity contribution in [3.63, 3.8) is 0 Å². The lowest BCUT2D eigenvalue weighted by molar-refractivity contribution is 0.629. The molecule has 5 heteroatoms. The molecule has 1 N–H and O–H groups in total. The van der Waals surface area contributed by atoms with Gasteiger partial charge in [-0.05, 0) is 40.0 Å². The van der Waals surface area contributed by atoms with Crippen LogP contribution in [0.25, 0.3) is 0 Å². The van der Waals surface area contributed by atoms with Crippen LogP contribution in [0.4, 0.5) is 10.1 Å². The first-order valence-corrected chi connectivity index (χ1v) is 6.11. The summed E-state index contributed by atoms with van der Waals surface area (Å²) >= 11 is 3.32. The average molecular weight is 298 g/mol. The van der Waals surface area contributed by atoms with Gasteiger partial charge in [0.1, 0.15) is 5.82 Å². The molecule has 0 bridgehead atoms. The van der Waals surface area contributed by atoms with Crippen LogP contribution in [0.2, 0.25) is 0 Å². The van der Waals surface area contributed by atoms with Gasteiger partial charge in [-0.3, -0.25) is 4.68 Å². The summed E-state index contributed by atoms with van der Waals surface area (Å²) in [6.45, 7) is 0.672. The number of aryl methyl sites for hydroxylation is 1. The zero-order chi connectivity index (χ0) is 12.3. The van der Waals surface area contributed by atoms with E-state index in [1.807, 2.05) is 25.5 Å². The largest absolute Gasteiger partial charge is 0.381 e. The van der Waals surface area contributed by atoms with Gasteiger partial charge in [-0.2, -0.15) is 5.10 Å². The Morgan fingerprint density at radius 1 is 1.47 bits per heavy atom. The Balaban J connectivity index is 1.94. The minimum absolute atomic E-state index is 0.245. The van der Waals surface area contributed by atoms with Crippen LogP contribution in [0, 0.1) is 5.82 Å². The van der Waals surface area contributed by atoms with Crippen LogP contribution in [-0.2, 0) is 13.5 Å². The van der Waals surface area contributed by atoms with Crippen molar-refractivity contribution in [2.24, 2.45) is 7.05 Å². The van der Waals surface area contributed by atoms with Gasteiger partial charge < -0.3 is 5.32 Å². The zero-order valence-electron chi connectivity index (χ0n) is 9.45. The van der Waals surface area contributed by atoms with Crippen LogP contribution < -0.4 is 5.32 Å². The molecule has 2 aromatic rings. The van der Waals surface area contributed by atoms with E-state index in [0.717, 1.165) is 16.5 Å². The molecule has 90 valence electrons. The molecule has 2 rings (SSSR count). The van der Waals surface area contributed by atoms with E-state index in [9.17, 15) is 4.39 Å². The van der Waals surface area contributed by atoms with E-state index in [2.05, 4.69) is 26.3 Å². The van der Waals surface area contributed by atoms with Gasteiger partial charge in [-0.15, -0.1) is 0 Å². The summed E-state index contributed by atoms with van der Waals surface area (Å²) in [5, 5.41) is 7.16. The number of aromatic nitrogens is 2. The Bertz CT molecular complexity index is 490. The molecule has 0 unspecified atom stereocenters. The number of halogens is 2. The van der Waals surface area contributed by atoms with Gasteiger partial charge in [0.2, 0.25) is 0 Å². The molecule has 0 saturated heterocycles. The first-order chi connectivity index (χ1) is 8.16. The van der Waals surface area contributed by atoms with Gasteiger partial charge in [0.15, 0.2) is 0 Å². The van der Waals surface area contributed by atoms with E-state index < -0.39 is 0 Å². The first kappa shape index (κ1) is 12.1.